The quantitative estimate of drug-likeness (QED) is 0.771. The third-order valence-corrected chi connectivity index (χ3v) is 3.75. The van der Waals surface area contributed by atoms with Gasteiger partial charge in [0.05, 0.1) is 12.3 Å². The molecule has 1 aliphatic rings. The molecule has 2 aromatic rings. The lowest BCUT2D eigenvalue weighted by Gasteiger charge is -2.05. The summed E-state index contributed by atoms with van der Waals surface area (Å²) in [6.45, 7) is 0.476. The normalized spacial score (nSPS) is 18.9. The Labute approximate surface area is 107 Å². The maximum atomic E-state index is 11.4. The van der Waals surface area contributed by atoms with Crippen molar-refractivity contribution >= 4 is 17.7 Å². The molecule has 0 N–H and O–H groups in total. The van der Waals surface area contributed by atoms with Gasteiger partial charge in [0.25, 0.3) is 0 Å². The molecule has 1 aromatic carbocycles. The molecule has 0 spiro atoms. The minimum atomic E-state index is -0.210. The monoisotopic (exact) mass is 262 g/mol. The molecule has 1 fully saturated rings. The van der Waals surface area contributed by atoms with Crippen LogP contribution in [0.25, 0.3) is 5.69 Å². The number of hydrogen-bond acceptors (Lipinski definition) is 6. The zero-order chi connectivity index (χ0) is 12.4. The van der Waals surface area contributed by atoms with Gasteiger partial charge in [0.1, 0.15) is 5.25 Å². The fourth-order valence-electron chi connectivity index (χ4n) is 1.70. The van der Waals surface area contributed by atoms with E-state index >= 15 is 0 Å². The summed E-state index contributed by atoms with van der Waals surface area (Å²) in [5.74, 6) is -0.192. The van der Waals surface area contributed by atoms with Gasteiger partial charge in [0, 0.05) is 6.42 Å². The first-order valence-corrected chi connectivity index (χ1v) is 6.39. The first kappa shape index (κ1) is 11.2. The van der Waals surface area contributed by atoms with E-state index in [9.17, 15) is 4.79 Å². The predicted molar refractivity (Wildman–Crippen MR) is 64.4 cm³/mol. The van der Waals surface area contributed by atoms with E-state index in [-0.39, 0.29) is 11.2 Å². The highest BCUT2D eigenvalue weighted by Gasteiger charge is 2.29. The molecule has 1 saturated heterocycles. The molecule has 0 aliphatic carbocycles. The number of hydrogen-bond donors (Lipinski definition) is 0. The SMILES string of the molecule is O=C1OCC[C@H]1Sc1nnnn1-c1ccccc1. The second kappa shape index (κ2) is 4.77. The molecule has 7 heteroatoms. The van der Waals surface area contributed by atoms with Gasteiger partial charge in [0.2, 0.25) is 5.16 Å². The second-order valence-corrected chi connectivity index (χ2v) is 4.94. The lowest BCUT2D eigenvalue weighted by molar-refractivity contribution is -0.137. The Kier molecular flexibility index (Phi) is 2.97. The predicted octanol–water partition coefficient (Wildman–Crippen LogP) is 1.07. The van der Waals surface area contributed by atoms with E-state index in [1.54, 1.807) is 4.68 Å². The average molecular weight is 262 g/mol. The molecule has 0 unspecified atom stereocenters. The Morgan fingerprint density at radius 2 is 2.17 bits per heavy atom. The molecule has 0 saturated carbocycles. The van der Waals surface area contributed by atoms with Crippen molar-refractivity contribution in [1.82, 2.24) is 20.2 Å². The lowest BCUT2D eigenvalue weighted by atomic mass is 10.3. The Morgan fingerprint density at radius 3 is 2.89 bits per heavy atom. The third kappa shape index (κ3) is 2.08. The van der Waals surface area contributed by atoms with Crippen LogP contribution in [0.15, 0.2) is 35.5 Å². The Balaban J connectivity index is 1.86. The summed E-state index contributed by atoms with van der Waals surface area (Å²) in [5.41, 5.74) is 0.872. The molecular weight excluding hydrogens is 252 g/mol. The topological polar surface area (TPSA) is 69.9 Å². The highest BCUT2D eigenvalue weighted by molar-refractivity contribution is 8.00. The van der Waals surface area contributed by atoms with Crippen molar-refractivity contribution in [2.45, 2.75) is 16.8 Å². The number of benzene rings is 1. The van der Waals surface area contributed by atoms with Crippen molar-refractivity contribution in [3.05, 3.63) is 30.3 Å². The lowest BCUT2D eigenvalue weighted by Crippen LogP contribution is -2.11. The van der Waals surface area contributed by atoms with Gasteiger partial charge in [-0.2, -0.15) is 4.68 Å². The van der Waals surface area contributed by atoms with Gasteiger partial charge in [-0.15, -0.1) is 5.10 Å². The van der Waals surface area contributed by atoms with E-state index in [2.05, 4.69) is 15.5 Å². The molecule has 6 nitrogen and oxygen atoms in total. The number of thioether (sulfide) groups is 1. The average Bonchev–Trinajstić information content (AvgIpc) is 3.01. The van der Waals surface area contributed by atoms with Crippen LogP contribution in [0.3, 0.4) is 0 Å². The zero-order valence-corrected chi connectivity index (χ0v) is 10.2. The fraction of sp³-hybridized carbons (Fsp3) is 0.273. The van der Waals surface area contributed by atoms with Crippen LogP contribution in [0.5, 0.6) is 0 Å². The van der Waals surface area contributed by atoms with E-state index in [1.165, 1.54) is 11.8 Å². The summed E-state index contributed by atoms with van der Waals surface area (Å²) >= 11 is 1.34. The van der Waals surface area contributed by atoms with E-state index in [1.807, 2.05) is 30.3 Å². The third-order valence-electron chi connectivity index (χ3n) is 2.58. The molecule has 92 valence electrons. The van der Waals surface area contributed by atoms with Gasteiger partial charge in [-0.3, -0.25) is 4.79 Å². The van der Waals surface area contributed by atoms with Crippen LogP contribution in [0.2, 0.25) is 0 Å². The summed E-state index contributed by atoms with van der Waals surface area (Å²) in [6, 6.07) is 9.57. The van der Waals surface area contributed by atoms with Gasteiger partial charge in [-0.25, -0.2) is 0 Å². The minimum Gasteiger partial charge on any atom is -0.465 e. The number of ether oxygens (including phenoxy) is 1. The van der Waals surface area contributed by atoms with Gasteiger partial charge in [-0.05, 0) is 22.6 Å². The maximum absolute atomic E-state index is 11.4. The highest BCUT2D eigenvalue weighted by atomic mass is 32.2. The number of carbonyl (C=O) groups is 1. The van der Waals surface area contributed by atoms with Crippen LogP contribution in [0.1, 0.15) is 6.42 Å². The summed E-state index contributed by atoms with van der Waals surface area (Å²) in [7, 11) is 0. The molecule has 0 radical (unpaired) electrons. The number of esters is 1. The number of cyclic esters (lactones) is 1. The molecule has 0 bridgehead atoms. The smallest absolute Gasteiger partial charge is 0.319 e. The summed E-state index contributed by atoms with van der Waals surface area (Å²) in [6.07, 6.45) is 0.700. The summed E-state index contributed by atoms with van der Waals surface area (Å²) in [4.78, 5) is 11.4. The number of carbonyl (C=O) groups excluding carboxylic acids is 1. The van der Waals surface area contributed by atoms with Gasteiger partial charge < -0.3 is 4.74 Å². The van der Waals surface area contributed by atoms with E-state index in [0.717, 1.165) is 5.69 Å². The zero-order valence-electron chi connectivity index (χ0n) is 9.39. The van der Waals surface area contributed by atoms with Crippen molar-refractivity contribution in [2.24, 2.45) is 0 Å². The largest absolute Gasteiger partial charge is 0.465 e. The molecule has 0 amide bonds. The Bertz CT molecular complexity index is 557. The van der Waals surface area contributed by atoms with Crippen LogP contribution >= 0.6 is 11.8 Å². The second-order valence-electron chi connectivity index (χ2n) is 3.77. The van der Waals surface area contributed by atoms with Gasteiger partial charge in [-0.1, -0.05) is 30.0 Å². The van der Waals surface area contributed by atoms with E-state index in [0.29, 0.717) is 18.2 Å². The molecule has 1 aromatic heterocycles. The number of aromatic nitrogens is 4. The Morgan fingerprint density at radius 1 is 1.33 bits per heavy atom. The van der Waals surface area contributed by atoms with Gasteiger partial charge in [0.15, 0.2) is 0 Å². The van der Waals surface area contributed by atoms with Gasteiger partial charge >= 0.3 is 5.97 Å². The fourth-order valence-corrected chi connectivity index (χ4v) is 2.65. The number of para-hydroxylation sites is 1. The summed E-state index contributed by atoms with van der Waals surface area (Å²) in [5, 5.41) is 11.9. The highest BCUT2D eigenvalue weighted by Crippen LogP contribution is 2.28. The standard InChI is InChI=1S/C11H10N4O2S/c16-10-9(6-7-17-10)18-11-12-13-14-15(11)8-4-2-1-3-5-8/h1-5,9H,6-7H2/t9-/m1/s1. The van der Waals surface area contributed by atoms with E-state index in [4.69, 9.17) is 4.74 Å². The first-order chi connectivity index (χ1) is 8.84. The Hall–Kier alpha value is -1.89. The molecule has 18 heavy (non-hydrogen) atoms. The van der Waals surface area contributed by atoms with Crippen molar-refractivity contribution in [3.8, 4) is 5.69 Å². The molecule has 3 rings (SSSR count). The van der Waals surface area contributed by atoms with Crippen LogP contribution in [0.4, 0.5) is 0 Å². The molecule has 1 atom stereocenters. The van der Waals surface area contributed by atoms with Crippen molar-refractivity contribution in [1.29, 1.82) is 0 Å². The maximum Gasteiger partial charge on any atom is 0.319 e. The summed E-state index contributed by atoms with van der Waals surface area (Å²) < 4.78 is 6.54. The van der Waals surface area contributed by atoms with Crippen molar-refractivity contribution in [3.63, 3.8) is 0 Å². The molecule has 1 aliphatic heterocycles. The van der Waals surface area contributed by atoms with Crippen molar-refractivity contribution < 1.29 is 9.53 Å². The molecule has 2 heterocycles. The van der Waals surface area contributed by atoms with Crippen LogP contribution < -0.4 is 0 Å². The number of nitrogens with zero attached hydrogens (tertiary/aromatic N) is 4. The number of tetrazole rings is 1. The van der Waals surface area contributed by atoms with Crippen LogP contribution in [-0.4, -0.2) is 38.0 Å². The first-order valence-electron chi connectivity index (χ1n) is 5.52. The number of rotatable bonds is 3. The molecular formula is C11H10N4O2S. The minimum absolute atomic E-state index is 0.192. The van der Waals surface area contributed by atoms with Crippen LogP contribution in [0, 0.1) is 0 Å². The van der Waals surface area contributed by atoms with Crippen molar-refractivity contribution in [2.75, 3.05) is 6.61 Å². The van der Waals surface area contributed by atoms with Crippen LogP contribution in [-0.2, 0) is 9.53 Å². The van der Waals surface area contributed by atoms with E-state index < -0.39 is 0 Å².